The molecule has 2 rings (SSSR count). The molecule has 23 heavy (non-hydrogen) atoms. The first-order valence-corrected chi connectivity index (χ1v) is 7.85. The van der Waals surface area contributed by atoms with Gasteiger partial charge < -0.3 is 10.6 Å². The van der Waals surface area contributed by atoms with Crippen LogP contribution >= 0.6 is 0 Å². The number of hydrogen-bond donors (Lipinski definition) is 2. The fourth-order valence-corrected chi connectivity index (χ4v) is 2.65. The van der Waals surface area contributed by atoms with Crippen molar-refractivity contribution in [3.8, 4) is 0 Å². The van der Waals surface area contributed by atoms with Crippen molar-refractivity contribution in [2.45, 2.75) is 32.6 Å². The second-order valence-electron chi connectivity index (χ2n) is 6.39. The molecule has 1 fully saturated rings. The summed E-state index contributed by atoms with van der Waals surface area (Å²) in [7, 11) is 0. The fraction of sp³-hybridized carbons (Fsp3) is 0.529. The largest absolute Gasteiger partial charge is 0.356 e. The van der Waals surface area contributed by atoms with Gasteiger partial charge in [0.05, 0.1) is 0 Å². The van der Waals surface area contributed by atoms with E-state index in [1.54, 1.807) is 0 Å². The predicted octanol–water partition coefficient (Wildman–Crippen LogP) is 2.43. The Morgan fingerprint density at radius 2 is 1.87 bits per heavy atom. The molecular formula is C17H22F2N2O2. The van der Waals surface area contributed by atoms with E-state index >= 15 is 0 Å². The Bertz CT molecular complexity index is 584. The van der Waals surface area contributed by atoms with Gasteiger partial charge in [-0.3, -0.25) is 9.59 Å². The molecule has 1 aromatic carbocycles. The van der Waals surface area contributed by atoms with Gasteiger partial charge in [0, 0.05) is 24.9 Å². The van der Waals surface area contributed by atoms with Crippen LogP contribution in [0.1, 0.15) is 43.0 Å². The van der Waals surface area contributed by atoms with Crippen molar-refractivity contribution < 1.29 is 18.4 Å². The minimum absolute atomic E-state index is 0.0187. The number of hydrogen-bond acceptors (Lipinski definition) is 3. The monoisotopic (exact) mass is 324 g/mol. The maximum Gasteiger partial charge on any atom is 0.220 e. The Balaban J connectivity index is 1.77. The molecular weight excluding hydrogens is 302 g/mol. The normalized spacial score (nSPS) is 16.8. The molecule has 0 unspecified atom stereocenters. The van der Waals surface area contributed by atoms with Gasteiger partial charge in [0.2, 0.25) is 5.91 Å². The Hall–Kier alpha value is -1.82. The summed E-state index contributed by atoms with van der Waals surface area (Å²) in [5, 5.41) is 6.15. The zero-order valence-corrected chi connectivity index (χ0v) is 13.3. The summed E-state index contributed by atoms with van der Waals surface area (Å²) in [6.07, 6.45) is 2.03. The highest BCUT2D eigenvalue weighted by molar-refractivity contribution is 5.97. The Morgan fingerprint density at radius 1 is 1.17 bits per heavy atom. The molecule has 2 N–H and O–H groups in total. The summed E-state index contributed by atoms with van der Waals surface area (Å²) >= 11 is 0. The van der Waals surface area contributed by atoms with Gasteiger partial charge >= 0.3 is 0 Å². The Labute approximate surface area is 134 Å². The van der Waals surface area contributed by atoms with Gasteiger partial charge in [0.25, 0.3) is 0 Å². The van der Waals surface area contributed by atoms with Gasteiger partial charge in [-0.25, -0.2) is 8.78 Å². The van der Waals surface area contributed by atoms with Crippen molar-refractivity contribution in [2.75, 3.05) is 19.6 Å². The average molecular weight is 324 g/mol. The number of rotatable bonds is 6. The van der Waals surface area contributed by atoms with E-state index in [1.165, 1.54) is 6.07 Å². The van der Waals surface area contributed by atoms with Crippen LogP contribution in [0.15, 0.2) is 18.2 Å². The smallest absolute Gasteiger partial charge is 0.220 e. The van der Waals surface area contributed by atoms with Gasteiger partial charge in [0.1, 0.15) is 0 Å². The molecule has 0 bridgehead atoms. The minimum atomic E-state index is -1.06. The molecule has 1 amide bonds. The van der Waals surface area contributed by atoms with E-state index in [-0.39, 0.29) is 35.5 Å². The second kappa shape index (κ2) is 7.64. The third-order valence-corrected chi connectivity index (χ3v) is 4.34. The lowest BCUT2D eigenvalue weighted by molar-refractivity contribution is -0.121. The molecule has 1 aromatic rings. The average Bonchev–Trinajstić information content (AvgIpc) is 2.54. The zero-order chi connectivity index (χ0) is 16.9. The number of carbonyl (C=O) groups excluding carboxylic acids is 2. The molecule has 0 aromatic heterocycles. The van der Waals surface area contributed by atoms with Crippen LogP contribution in [0, 0.1) is 17.0 Å². The number of benzene rings is 1. The number of Topliss-reactive ketones (excluding diaryl/α,β-unsaturated/α-hetero) is 1. The van der Waals surface area contributed by atoms with Crippen molar-refractivity contribution in [3.05, 3.63) is 35.4 Å². The topological polar surface area (TPSA) is 58.2 Å². The Kier molecular flexibility index (Phi) is 5.82. The number of halogens is 2. The number of nitrogens with one attached hydrogen (secondary N) is 2. The molecule has 1 aliphatic rings. The van der Waals surface area contributed by atoms with Gasteiger partial charge in [-0.15, -0.1) is 0 Å². The zero-order valence-electron chi connectivity index (χ0n) is 13.3. The highest BCUT2D eigenvalue weighted by Crippen LogP contribution is 2.26. The third kappa shape index (κ3) is 5.10. The van der Waals surface area contributed by atoms with Crippen molar-refractivity contribution >= 4 is 11.7 Å². The van der Waals surface area contributed by atoms with Gasteiger partial charge in [-0.2, -0.15) is 0 Å². The predicted molar refractivity (Wildman–Crippen MR) is 83.1 cm³/mol. The first-order chi connectivity index (χ1) is 10.9. The van der Waals surface area contributed by atoms with Crippen LogP contribution in [0.2, 0.25) is 0 Å². The number of carbonyl (C=O) groups is 2. The fourth-order valence-electron chi connectivity index (χ4n) is 2.65. The lowest BCUT2D eigenvalue weighted by atomic mass is 9.81. The van der Waals surface area contributed by atoms with Crippen LogP contribution in [0.25, 0.3) is 0 Å². The molecule has 0 spiro atoms. The molecule has 0 saturated carbocycles. The molecule has 126 valence electrons. The van der Waals surface area contributed by atoms with Gasteiger partial charge in [0.15, 0.2) is 17.4 Å². The number of ketones is 1. The molecule has 0 atom stereocenters. The van der Waals surface area contributed by atoms with Gasteiger partial charge in [-0.05, 0) is 49.5 Å². The van der Waals surface area contributed by atoms with E-state index in [0.717, 1.165) is 38.1 Å². The molecule has 6 heteroatoms. The van der Waals surface area contributed by atoms with E-state index in [2.05, 4.69) is 17.6 Å². The quantitative estimate of drug-likeness (QED) is 0.790. The summed E-state index contributed by atoms with van der Waals surface area (Å²) in [6, 6.07) is 3.01. The van der Waals surface area contributed by atoms with Crippen LogP contribution in [0.5, 0.6) is 0 Å². The van der Waals surface area contributed by atoms with Crippen molar-refractivity contribution in [1.82, 2.24) is 10.6 Å². The van der Waals surface area contributed by atoms with Crippen LogP contribution in [0.4, 0.5) is 8.78 Å². The van der Waals surface area contributed by atoms with E-state index < -0.39 is 11.6 Å². The molecule has 1 aliphatic heterocycles. The standard InChI is InChI=1S/C17H22F2N2O2/c1-17(6-8-20-9-7-17)11-21-16(23)5-4-15(22)12-2-3-13(18)14(19)10-12/h2-3,10,20H,4-9,11H2,1H3,(H,21,23). The number of amides is 1. The molecule has 0 aliphatic carbocycles. The molecule has 0 radical (unpaired) electrons. The molecule has 1 saturated heterocycles. The highest BCUT2D eigenvalue weighted by atomic mass is 19.2. The van der Waals surface area contributed by atoms with E-state index in [4.69, 9.17) is 0 Å². The summed E-state index contributed by atoms with van der Waals surface area (Å²) in [4.78, 5) is 23.8. The first-order valence-electron chi connectivity index (χ1n) is 7.85. The lowest BCUT2D eigenvalue weighted by Gasteiger charge is -2.34. The van der Waals surface area contributed by atoms with Crippen molar-refractivity contribution in [2.24, 2.45) is 5.41 Å². The van der Waals surface area contributed by atoms with Crippen LogP contribution in [-0.4, -0.2) is 31.3 Å². The summed E-state index contributed by atoms with van der Waals surface area (Å²) < 4.78 is 25.9. The second-order valence-corrected chi connectivity index (χ2v) is 6.39. The van der Waals surface area contributed by atoms with Crippen LogP contribution in [0.3, 0.4) is 0 Å². The maximum atomic E-state index is 13.1. The maximum absolute atomic E-state index is 13.1. The number of piperidine rings is 1. The summed E-state index contributed by atoms with van der Waals surface area (Å²) in [5.74, 6) is -2.61. The first kappa shape index (κ1) is 17.5. The van der Waals surface area contributed by atoms with Gasteiger partial charge in [-0.1, -0.05) is 6.92 Å². The van der Waals surface area contributed by atoms with E-state index in [1.807, 2.05) is 0 Å². The van der Waals surface area contributed by atoms with Crippen LogP contribution < -0.4 is 10.6 Å². The highest BCUT2D eigenvalue weighted by Gasteiger charge is 2.27. The molecule has 1 heterocycles. The Morgan fingerprint density at radius 3 is 2.52 bits per heavy atom. The summed E-state index contributed by atoms with van der Waals surface area (Å²) in [5.41, 5.74) is 0.173. The SMILES string of the molecule is CC1(CNC(=O)CCC(=O)c2ccc(F)c(F)c2)CCNCC1. The summed E-state index contributed by atoms with van der Waals surface area (Å²) in [6.45, 7) is 4.62. The van der Waals surface area contributed by atoms with Crippen molar-refractivity contribution in [1.29, 1.82) is 0 Å². The third-order valence-electron chi connectivity index (χ3n) is 4.34. The van der Waals surface area contributed by atoms with Crippen LogP contribution in [-0.2, 0) is 4.79 Å². The van der Waals surface area contributed by atoms with E-state index in [0.29, 0.717) is 6.54 Å². The minimum Gasteiger partial charge on any atom is -0.356 e. The molecule has 4 nitrogen and oxygen atoms in total. The van der Waals surface area contributed by atoms with Crippen molar-refractivity contribution in [3.63, 3.8) is 0 Å². The lowest BCUT2D eigenvalue weighted by Crippen LogP contribution is -2.42. The van der Waals surface area contributed by atoms with E-state index in [9.17, 15) is 18.4 Å².